The molecule has 1 aromatic rings. The maximum absolute atomic E-state index is 14.4. The van der Waals surface area contributed by atoms with E-state index in [1.807, 2.05) is 0 Å². The molecule has 1 aromatic carbocycles. The Morgan fingerprint density at radius 3 is 1.56 bits per heavy atom. The smallest absolute Gasteiger partial charge is 0.323 e. The number of alkyl halides is 11. The second-order valence-electron chi connectivity index (χ2n) is 5.49. The normalized spacial score (nSPS) is 26.2. The van der Waals surface area contributed by atoms with Crippen LogP contribution in [0.25, 0.3) is 0 Å². The van der Waals surface area contributed by atoms with Gasteiger partial charge in [0.05, 0.1) is 0 Å². The van der Waals surface area contributed by atoms with Gasteiger partial charge in [-0.05, 0) is 18.2 Å². The van der Waals surface area contributed by atoms with Crippen molar-refractivity contribution in [3.8, 4) is 0 Å². The van der Waals surface area contributed by atoms with Crippen molar-refractivity contribution in [3.63, 3.8) is 0 Å². The molecule has 1 fully saturated rings. The fourth-order valence-electron chi connectivity index (χ4n) is 2.29. The van der Waals surface area contributed by atoms with Crippen LogP contribution >= 0.6 is 15.9 Å². The summed E-state index contributed by atoms with van der Waals surface area (Å²) in [5, 5.41) is 0.992. The first-order valence-electron chi connectivity index (χ1n) is 6.54. The van der Waals surface area contributed by atoms with Crippen molar-refractivity contribution in [1.82, 2.24) is 0 Å². The first kappa shape index (κ1) is 21.7. The maximum atomic E-state index is 14.4. The van der Waals surface area contributed by atoms with Gasteiger partial charge >= 0.3 is 35.3 Å². The van der Waals surface area contributed by atoms with E-state index in [0.29, 0.717) is 0 Å². The number of hydrogen-bond acceptors (Lipinski definition) is 1. The van der Waals surface area contributed by atoms with E-state index in [2.05, 4.69) is 15.9 Å². The van der Waals surface area contributed by atoms with Crippen molar-refractivity contribution < 1.29 is 53.1 Å². The second kappa shape index (κ2) is 5.70. The number of halogens is 12. The van der Waals surface area contributed by atoms with Crippen LogP contribution in [0.1, 0.15) is 0 Å². The molecule has 0 bridgehead atoms. The molecule has 1 amide bonds. The number of anilines is 1. The van der Waals surface area contributed by atoms with Crippen molar-refractivity contribution in [2.24, 2.45) is 0 Å². The van der Waals surface area contributed by atoms with Crippen LogP contribution in [-0.2, 0) is 4.79 Å². The molecule has 1 aliphatic rings. The topological polar surface area (TPSA) is 29.1 Å². The van der Waals surface area contributed by atoms with Gasteiger partial charge in [-0.25, -0.2) is 4.39 Å². The summed E-state index contributed by atoms with van der Waals surface area (Å²) in [6.45, 7) is 0. The van der Waals surface area contributed by atoms with Crippen LogP contribution in [0.4, 0.5) is 54.0 Å². The second-order valence-corrected chi connectivity index (χ2v) is 6.41. The van der Waals surface area contributed by atoms with Crippen LogP contribution in [0.2, 0.25) is 0 Å². The molecule has 2 nitrogen and oxygen atoms in total. The Morgan fingerprint density at radius 1 is 0.741 bits per heavy atom. The fraction of sp³-hybridized carbons (Fsp3) is 0.462. The van der Waals surface area contributed by atoms with Gasteiger partial charge in [0.1, 0.15) is 0 Å². The lowest BCUT2D eigenvalue weighted by Crippen LogP contribution is -2.86. The highest BCUT2D eigenvalue weighted by atomic mass is 79.9. The van der Waals surface area contributed by atoms with Gasteiger partial charge in [0, 0.05) is 10.2 Å². The lowest BCUT2D eigenvalue weighted by atomic mass is 9.71. The quantitative estimate of drug-likeness (QED) is 0.574. The predicted molar refractivity (Wildman–Crippen MR) is 71.3 cm³/mol. The third kappa shape index (κ3) is 2.34. The van der Waals surface area contributed by atoms with E-state index in [-0.39, 0.29) is 4.47 Å². The number of rotatable bonds is 2. The summed E-state index contributed by atoms with van der Waals surface area (Å²) in [7, 11) is 0. The zero-order valence-electron chi connectivity index (χ0n) is 12.3. The Kier molecular flexibility index (Phi) is 4.58. The summed E-state index contributed by atoms with van der Waals surface area (Å²) in [5.41, 5.74) is -7.46. The molecule has 27 heavy (non-hydrogen) atoms. The molecule has 14 heteroatoms. The number of carbonyl (C=O) groups is 1. The van der Waals surface area contributed by atoms with E-state index in [4.69, 9.17) is 0 Å². The number of benzene rings is 1. The van der Waals surface area contributed by atoms with Crippen molar-refractivity contribution >= 4 is 27.5 Å². The minimum Gasteiger partial charge on any atom is -0.323 e. The van der Waals surface area contributed by atoms with Crippen LogP contribution in [-0.4, -0.2) is 41.2 Å². The van der Waals surface area contributed by atoms with Gasteiger partial charge in [-0.3, -0.25) is 4.79 Å². The van der Waals surface area contributed by atoms with Gasteiger partial charge in [0.15, 0.2) is 0 Å². The summed E-state index contributed by atoms with van der Waals surface area (Å²) < 4.78 is 149. The average Bonchev–Trinajstić information content (AvgIpc) is 2.51. The van der Waals surface area contributed by atoms with Gasteiger partial charge in [0.2, 0.25) is 0 Å². The molecular formula is C13H5BrF11NO. The SMILES string of the molecule is O=C(Nc1cccc(Br)c1)C1(F)C(F)(F)C(F)(F)C(F)(F)C(F)(F)C1(F)F. The number of hydrogen-bond donors (Lipinski definition) is 1. The molecule has 2 rings (SSSR count). The van der Waals surface area contributed by atoms with Crippen LogP contribution in [0.15, 0.2) is 28.7 Å². The largest absolute Gasteiger partial charge is 0.384 e. The highest BCUT2D eigenvalue weighted by Gasteiger charge is 3.02. The number of amides is 1. The lowest BCUT2D eigenvalue weighted by Gasteiger charge is -2.51. The van der Waals surface area contributed by atoms with Gasteiger partial charge in [-0.2, -0.15) is 43.9 Å². The standard InChI is InChI=1S/C13H5BrF11NO/c14-5-2-1-3-6(4-5)26-7(27)8(15)9(16,17)11(20,21)13(24,25)12(22,23)10(8,18)19/h1-4H,(H,26,27). The Labute approximate surface area is 150 Å². The van der Waals surface area contributed by atoms with Gasteiger partial charge in [-0.1, -0.05) is 22.0 Å². The predicted octanol–water partition coefficient (Wildman–Crippen LogP) is 5.29. The van der Waals surface area contributed by atoms with E-state index in [0.717, 1.165) is 23.5 Å². The first-order chi connectivity index (χ1) is 11.9. The Bertz CT molecular complexity index is 749. The molecule has 0 heterocycles. The Hall–Kier alpha value is -1.60. The van der Waals surface area contributed by atoms with Gasteiger partial charge in [-0.15, -0.1) is 0 Å². The molecule has 0 aliphatic heterocycles. The highest BCUT2D eigenvalue weighted by Crippen LogP contribution is 2.69. The fourth-order valence-corrected chi connectivity index (χ4v) is 2.69. The third-order valence-electron chi connectivity index (χ3n) is 3.84. The molecule has 0 unspecified atom stereocenters. The molecular weight excluding hydrogens is 475 g/mol. The van der Waals surface area contributed by atoms with E-state index in [9.17, 15) is 53.1 Å². The summed E-state index contributed by atoms with van der Waals surface area (Å²) in [6.07, 6.45) is 0. The van der Waals surface area contributed by atoms with Crippen LogP contribution in [0, 0.1) is 0 Å². The zero-order chi connectivity index (χ0) is 21.3. The first-order valence-corrected chi connectivity index (χ1v) is 7.34. The van der Waals surface area contributed by atoms with Crippen molar-refractivity contribution in [1.29, 1.82) is 0 Å². The molecule has 1 saturated carbocycles. The van der Waals surface area contributed by atoms with Gasteiger partial charge in [0.25, 0.3) is 5.91 Å². The van der Waals surface area contributed by atoms with Crippen LogP contribution in [0.3, 0.4) is 0 Å². The minimum atomic E-state index is -7.36. The molecule has 1 N–H and O–H groups in total. The van der Waals surface area contributed by atoms with Crippen LogP contribution in [0.5, 0.6) is 0 Å². The number of carbonyl (C=O) groups excluding carboxylic acids is 1. The molecule has 0 radical (unpaired) electrons. The van der Waals surface area contributed by atoms with Crippen LogP contribution < -0.4 is 5.32 Å². The monoisotopic (exact) mass is 479 g/mol. The lowest BCUT2D eigenvalue weighted by molar-refractivity contribution is -0.475. The Morgan fingerprint density at radius 2 is 1.15 bits per heavy atom. The Balaban J connectivity index is 2.68. The van der Waals surface area contributed by atoms with Crippen molar-refractivity contribution in [2.75, 3.05) is 5.32 Å². The summed E-state index contributed by atoms with van der Waals surface area (Å²) in [5.74, 6) is -39.8. The summed E-state index contributed by atoms with van der Waals surface area (Å²) >= 11 is 2.78. The van der Waals surface area contributed by atoms with E-state index in [1.165, 1.54) is 6.07 Å². The summed E-state index contributed by atoms with van der Waals surface area (Å²) in [6, 6.07) is 3.84. The zero-order valence-corrected chi connectivity index (χ0v) is 13.8. The molecule has 0 atom stereocenters. The molecule has 0 aromatic heterocycles. The molecule has 0 saturated heterocycles. The summed E-state index contributed by atoms with van der Waals surface area (Å²) in [4.78, 5) is 11.6. The molecule has 0 spiro atoms. The third-order valence-corrected chi connectivity index (χ3v) is 4.33. The van der Waals surface area contributed by atoms with Crippen molar-refractivity contribution in [3.05, 3.63) is 28.7 Å². The average molecular weight is 480 g/mol. The van der Waals surface area contributed by atoms with E-state index < -0.39 is 46.9 Å². The van der Waals surface area contributed by atoms with Gasteiger partial charge < -0.3 is 5.32 Å². The molecule has 152 valence electrons. The van der Waals surface area contributed by atoms with E-state index >= 15 is 0 Å². The van der Waals surface area contributed by atoms with E-state index in [1.54, 1.807) is 0 Å². The maximum Gasteiger partial charge on any atom is 0.384 e. The molecule has 1 aliphatic carbocycles. The number of nitrogens with one attached hydrogen (secondary N) is 1. The minimum absolute atomic E-state index is 0.0533. The van der Waals surface area contributed by atoms with Crippen molar-refractivity contribution in [2.45, 2.75) is 35.3 Å². The highest BCUT2D eigenvalue weighted by molar-refractivity contribution is 9.10.